The molecule has 3 atom stereocenters. The lowest BCUT2D eigenvalue weighted by Gasteiger charge is -2.30. The summed E-state index contributed by atoms with van der Waals surface area (Å²) in [5.74, 6) is 0.479. The Bertz CT molecular complexity index is 1060. The summed E-state index contributed by atoms with van der Waals surface area (Å²) in [7, 11) is 0. The minimum Gasteiger partial charge on any atom is -0.352 e. The van der Waals surface area contributed by atoms with Crippen molar-refractivity contribution in [1.29, 1.82) is 0 Å². The fourth-order valence-electron chi connectivity index (χ4n) is 3.76. The van der Waals surface area contributed by atoms with Crippen LogP contribution in [0.3, 0.4) is 0 Å². The van der Waals surface area contributed by atoms with Crippen molar-refractivity contribution in [2.45, 2.75) is 56.0 Å². The molecule has 2 heterocycles. The maximum absolute atomic E-state index is 12.7. The summed E-state index contributed by atoms with van der Waals surface area (Å²) in [6, 6.07) is 9.78. The third-order valence-electron chi connectivity index (χ3n) is 5.51. The van der Waals surface area contributed by atoms with Crippen LogP contribution >= 0.6 is 11.8 Å². The van der Waals surface area contributed by atoms with Gasteiger partial charge in [0.1, 0.15) is 5.39 Å². The van der Waals surface area contributed by atoms with Gasteiger partial charge >= 0.3 is 0 Å². The summed E-state index contributed by atoms with van der Waals surface area (Å²) < 4.78 is 1.64. The van der Waals surface area contributed by atoms with E-state index in [-0.39, 0.29) is 22.8 Å². The lowest BCUT2D eigenvalue weighted by molar-refractivity contribution is -0.121. The zero-order valence-electron chi connectivity index (χ0n) is 16.6. The summed E-state index contributed by atoms with van der Waals surface area (Å²) >= 11 is 1.26. The summed E-state index contributed by atoms with van der Waals surface area (Å²) in [5, 5.41) is 7.96. The van der Waals surface area contributed by atoms with Crippen molar-refractivity contribution < 1.29 is 4.79 Å². The second-order valence-corrected chi connectivity index (χ2v) is 8.97. The highest BCUT2D eigenvalue weighted by molar-refractivity contribution is 8.00. The number of nitrogens with zero attached hydrogens (tertiary/aromatic N) is 3. The van der Waals surface area contributed by atoms with Gasteiger partial charge in [0.25, 0.3) is 5.56 Å². The molecule has 0 saturated heterocycles. The third kappa shape index (κ3) is 4.22. The van der Waals surface area contributed by atoms with Crippen molar-refractivity contribution >= 4 is 28.7 Å². The van der Waals surface area contributed by atoms with Crippen LogP contribution in [-0.4, -0.2) is 36.9 Å². The second kappa shape index (κ2) is 8.41. The number of aromatic nitrogens is 4. The van der Waals surface area contributed by atoms with Crippen LogP contribution in [0, 0.1) is 5.92 Å². The molecule has 2 N–H and O–H groups in total. The number of aromatic amines is 1. The molecule has 1 aliphatic carbocycles. The lowest BCUT2D eigenvalue weighted by Crippen LogP contribution is -2.44. The number of nitrogens with one attached hydrogen (secondary N) is 2. The van der Waals surface area contributed by atoms with Crippen LogP contribution in [0.25, 0.3) is 16.7 Å². The van der Waals surface area contributed by atoms with Crippen LogP contribution in [0.1, 0.15) is 39.5 Å². The minimum atomic E-state index is -0.363. The Kier molecular flexibility index (Phi) is 5.71. The first-order valence-corrected chi connectivity index (χ1v) is 10.9. The van der Waals surface area contributed by atoms with Gasteiger partial charge in [-0.25, -0.2) is 9.67 Å². The topological polar surface area (TPSA) is 92.7 Å². The first-order valence-electron chi connectivity index (χ1n) is 10.0. The molecule has 7 nitrogen and oxygen atoms in total. The summed E-state index contributed by atoms with van der Waals surface area (Å²) in [6.07, 6.45) is 6.09. The molecule has 152 valence electrons. The summed E-state index contributed by atoms with van der Waals surface area (Å²) in [5.41, 5.74) is 1.05. The molecule has 8 heteroatoms. The van der Waals surface area contributed by atoms with Gasteiger partial charge in [-0.2, -0.15) is 5.10 Å². The van der Waals surface area contributed by atoms with Crippen LogP contribution in [0.5, 0.6) is 0 Å². The normalized spacial score (nSPS) is 20.5. The van der Waals surface area contributed by atoms with Gasteiger partial charge in [0.2, 0.25) is 5.91 Å². The van der Waals surface area contributed by atoms with Crippen LogP contribution in [0.15, 0.2) is 46.5 Å². The molecular weight excluding hydrogens is 386 g/mol. The van der Waals surface area contributed by atoms with Gasteiger partial charge in [-0.1, -0.05) is 49.7 Å². The molecule has 1 aromatic carbocycles. The lowest BCUT2D eigenvalue weighted by atomic mass is 9.86. The third-order valence-corrected chi connectivity index (χ3v) is 6.50. The van der Waals surface area contributed by atoms with Crippen molar-refractivity contribution in [3.05, 3.63) is 46.9 Å². The van der Waals surface area contributed by atoms with Gasteiger partial charge in [0, 0.05) is 6.04 Å². The molecule has 4 rings (SSSR count). The molecule has 0 spiro atoms. The summed E-state index contributed by atoms with van der Waals surface area (Å²) in [4.78, 5) is 32.5. The molecule has 0 radical (unpaired) electrons. The highest BCUT2D eigenvalue weighted by Crippen LogP contribution is 2.25. The second-order valence-electron chi connectivity index (χ2n) is 7.64. The maximum Gasteiger partial charge on any atom is 0.262 e. The number of benzene rings is 1. The number of carbonyl (C=O) groups is 1. The van der Waals surface area contributed by atoms with Gasteiger partial charge in [0.15, 0.2) is 10.8 Å². The molecule has 3 unspecified atom stereocenters. The van der Waals surface area contributed by atoms with Crippen LogP contribution < -0.4 is 10.9 Å². The first-order chi connectivity index (χ1) is 14.0. The van der Waals surface area contributed by atoms with E-state index >= 15 is 0 Å². The predicted molar refractivity (Wildman–Crippen MR) is 114 cm³/mol. The molecule has 0 aliphatic heterocycles. The molecule has 29 heavy (non-hydrogen) atoms. The number of fused-ring (bicyclic) bond motifs is 1. The highest BCUT2D eigenvalue weighted by Gasteiger charge is 2.25. The van der Waals surface area contributed by atoms with Gasteiger partial charge < -0.3 is 10.3 Å². The molecule has 1 saturated carbocycles. The number of rotatable bonds is 5. The maximum atomic E-state index is 12.7. The Morgan fingerprint density at radius 3 is 2.79 bits per heavy atom. The molecule has 1 fully saturated rings. The standard InChI is InChI=1S/C21H25N5O2S/c1-13-8-6-7-11-17(13)23-19(27)14(2)29-21-24-18-16(20(28)25-21)12-22-26(18)15-9-4-3-5-10-15/h3-5,9-10,12-14,17H,6-8,11H2,1-2H3,(H,23,27)(H,24,25,28). The number of hydrogen-bond acceptors (Lipinski definition) is 5. The average molecular weight is 412 g/mol. The van der Waals surface area contributed by atoms with Crippen LogP contribution in [0.2, 0.25) is 0 Å². The van der Waals surface area contributed by atoms with E-state index in [1.807, 2.05) is 37.3 Å². The van der Waals surface area contributed by atoms with Crippen molar-refractivity contribution in [1.82, 2.24) is 25.1 Å². The molecule has 3 aromatic rings. The molecule has 2 aromatic heterocycles. The Balaban J connectivity index is 1.54. The van der Waals surface area contributed by atoms with E-state index < -0.39 is 0 Å². The first kappa shape index (κ1) is 19.7. The largest absolute Gasteiger partial charge is 0.352 e. The van der Waals surface area contributed by atoms with E-state index in [4.69, 9.17) is 0 Å². The van der Waals surface area contributed by atoms with Crippen molar-refractivity contribution in [2.24, 2.45) is 5.92 Å². The van der Waals surface area contributed by atoms with Gasteiger partial charge in [0.05, 0.1) is 17.1 Å². The fourth-order valence-corrected chi connectivity index (χ4v) is 4.56. The van der Waals surface area contributed by atoms with Gasteiger partial charge in [-0.05, 0) is 37.8 Å². The molecule has 1 aliphatic rings. The van der Waals surface area contributed by atoms with E-state index in [1.54, 1.807) is 4.68 Å². The predicted octanol–water partition coefficient (Wildman–Crippen LogP) is 3.28. The Morgan fingerprint density at radius 2 is 2.03 bits per heavy atom. The van der Waals surface area contributed by atoms with Crippen LogP contribution in [-0.2, 0) is 4.79 Å². The average Bonchev–Trinajstić information content (AvgIpc) is 3.15. The van der Waals surface area contributed by atoms with Crippen LogP contribution in [0.4, 0.5) is 0 Å². The Morgan fingerprint density at radius 1 is 1.28 bits per heavy atom. The monoisotopic (exact) mass is 411 g/mol. The highest BCUT2D eigenvalue weighted by atomic mass is 32.2. The Labute approximate surface area is 173 Å². The molecular formula is C21H25N5O2S. The van der Waals surface area contributed by atoms with Crippen molar-refractivity contribution in [2.75, 3.05) is 0 Å². The zero-order valence-corrected chi connectivity index (χ0v) is 17.4. The smallest absolute Gasteiger partial charge is 0.262 e. The van der Waals surface area contributed by atoms with E-state index in [9.17, 15) is 9.59 Å². The minimum absolute atomic E-state index is 0.0203. The van der Waals surface area contributed by atoms with Crippen molar-refractivity contribution in [3.63, 3.8) is 0 Å². The van der Waals surface area contributed by atoms with E-state index in [0.29, 0.717) is 22.1 Å². The number of H-pyrrole nitrogens is 1. The molecule has 0 bridgehead atoms. The SMILES string of the molecule is CC(Sc1nc2c(cnn2-c2ccccc2)c(=O)[nH]1)C(=O)NC1CCCCC1C. The Hall–Kier alpha value is -2.61. The summed E-state index contributed by atoms with van der Waals surface area (Å²) in [6.45, 7) is 4.03. The number of amides is 1. The quantitative estimate of drug-likeness (QED) is 0.496. The number of thioether (sulfide) groups is 1. The van der Waals surface area contributed by atoms with E-state index in [1.165, 1.54) is 24.4 Å². The van der Waals surface area contributed by atoms with Crippen molar-refractivity contribution in [3.8, 4) is 5.69 Å². The molecule has 1 amide bonds. The fraction of sp³-hybridized carbons (Fsp3) is 0.429. The van der Waals surface area contributed by atoms with E-state index in [2.05, 4.69) is 27.3 Å². The van der Waals surface area contributed by atoms with E-state index in [0.717, 1.165) is 24.9 Å². The number of hydrogen-bond donors (Lipinski definition) is 2. The van der Waals surface area contributed by atoms with Gasteiger partial charge in [-0.15, -0.1) is 0 Å². The zero-order chi connectivity index (χ0) is 20.4. The number of carbonyl (C=O) groups excluding carboxylic acids is 1. The number of para-hydroxylation sites is 1. The van der Waals surface area contributed by atoms with Gasteiger partial charge in [-0.3, -0.25) is 9.59 Å².